The molecule has 2 N–H and O–H groups in total. The summed E-state index contributed by atoms with van der Waals surface area (Å²) in [5, 5.41) is -0.121. The molecule has 1 fully saturated rings. The highest BCUT2D eigenvalue weighted by Crippen LogP contribution is 2.34. The van der Waals surface area contributed by atoms with Crippen LogP contribution < -0.4 is 20.5 Å². The molecule has 2 amide bonds. The molecule has 1 aliphatic heterocycles. The molecule has 3 rings (SSSR count). The van der Waals surface area contributed by atoms with Gasteiger partial charge in [-0.25, -0.2) is 9.37 Å². The first-order valence-corrected chi connectivity index (χ1v) is 10.4. The number of pyridine rings is 1. The zero-order chi connectivity index (χ0) is 24.2. The highest BCUT2D eigenvalue weighted by atomic mass is 35.5. The first-order chi connectivity index (χ1) is 15.6. The van der Waals surface area contributed by atoms with Crippen LogP contribution in [0.5, 0.6) is 5.75 Å². The molecule has 33 heavy (non-hydrogen) atoms. The van der Waals surface area contributed by atoms with E-state index in [-0.39, 0.29) is 16.6 Å². The number of para-hydroxylation sites is 1. The third-order valence-electron chi connectivity index (χ3n) is 5.13. The average molecular weight is 489 g/mol. The van der Waals surface area contributed by atoms with E-state index < -0.39 is 41.4 Å². The summed E-state index contributed by atoms with van der Waals surface area (Å²) in [5.41, 5.74) is 3.64. The van der Waals surface area contributed by atoms with Crippen molar-refractivity contribution < 1.29 is 31.9 Å². The number of alkyl halides is 3. The number of ether oxygens (including phenoxy) is 1. The SMILES string of the molecule is C[C@@H](Oc1ccccc1F)C(=O)NNC(=O)C1CCN(c2ncc(C(F)(F)F)cc2Cl)CC1. The topological polar surface area (TPSA) is 83.6 Å². The van der Waals surface area contributed by atoms with Crippen LogP contribution in [-0.2, 0) is 15.8 Å². The molecule has 1 aromatic heterocycles. The molecule has 0 saturated carbocycles. The first-order valence-electron chi connectivity index (χ1n) is 10.0. The Labute approximate surface area is 192 Å². The van der Waals surface area contributed by atoms with Crippen LogP contribution in [0.3, 0.4) is 0 Å². The third kappa shape index (κ3) is 6.25. The van der Waals surface area contributed by atoms with Crippen molar-refractivity contribution in [2.45, 2.75) is 32.0 Å². The monoisotopic (exact) mass is 488 g/mol. The van der Waals surface area contributed by atoms with Crippen LogP contribution >= 0.6 is 11.6 Å². The maximum Gasteiger partial charge on any atom is 0.417 e. The van der Waals surface area contributed by atoms with Gasteiger partial charge >= 0.3 is 6.18 Å². The molecular formula is C21H21ClF4N4O3. The molecule has 0 bridgehead atoms. The number of halogens is 5. The average Bonchev–Trinajstić information content (AvgIpc) is 2.78. The summed E-state index contributed by atoms with van der Waals surface area (Å²) >= 11 is 5.98. The Morgan fingerprint density at radius 3 is 2.48 bits per heavy atom. The number of anilines is 1. The van der Waals surface area contributed by atoms with Gasteiger partial charge in [-0.05, 0) is 38.0 Å². The predicted octanol–water partition coefficient (Wildman–Crippen LogP) is 3.72. The summed E-state index contributed by atoms with van der Waals surface area (Å²) < 4.78 is 57.2. The number of benzene rings is 1. The Morgan fingerprint density at radius 2 is 1.88 bits per heavy atom. The lowest BCUT2D eigenvalue weighted by Crippen LogP contribution is -2.50. The second-order valence-corrected chi connectivity index (χ2v) is 7.86. The molecule has 0 radical (unpaired) electrons. The first kappa shape index (κ1) is 24.6. The second kappa shape index (κ2) is 10.2. The number of amides is 2. The van der Waals surface area contributed by atoms with E-state index in [0.29, 0.717) is 25.9 Å². The molecule has 2 aromatic rings. The zero-order valence-electron chi connectivity index (χ0n) is 17.5. The van der Waals surface area contributed by atoms with Gasteiger partial charge in [0.2, 0.25) is 5.91 Å². The number of aromatic nitrogens is 1. The van der Waals surface area contributed by atoms with Crippen LogP contribution in [0, 0.1) is 11.7 Å². The summed E-state index contributed by atoms with van der Waals surface area (Å²) in [7, 11) is 0. The van der Waals surface area contributed by atoms with E-state index in [1.807, 2.05) is 0 Å². The summed E-state index contributed by atoms with van der Waals surface area (Å²) in [4.78, 5) is 30.1. The lowest BCUT2D eigenvalue weighted by Gasteiger charge is -2.32. The van der Waals surface area contributed by atoms with Crippen LogP contribution in [-0.4, -0.2) is 36.0 Å². The van der Waals surface area contributed by atoms with Crippen molar-refractivity contribution in [3.63, 3.8) is 0 Å². The molecule has 0 unspecified atom stereocenters. The number of hydrogen-bond donors (Lipinski definition) is 2. The van der Waals surface area contributed by atoms with Crippen LogP contribution in [0.2, 0.25) is 5.02 Å². The molecule has 0 spiro atoms. The van der Waals surface area contributed by atoms with E-state index >= 15 is 0 Å². The van der Waals surface area contributed by atoms with Crippen molar-refractivity contribution in [3.8, 4) is 5.75 Å². The van der Waals surface area contributed by atoms with Gasteiger partial charge in [-0.15, -0.1) is 0 Å². The van der Waals surface area contributed by atoms with E-state index in [4.69, 9.17) is 16.3 Å². The number of nitrogens with one attached hydrogen (secondary N) is 2. The van der Waals surface area contributed by atoms with E-state index in [2.05, 4.69) is 15.8 Å². The lowest BCUT2D eigenvalue weighted by molar-refractivity contribution is -0.137. The zero-order valence-corrected chi connectivity index (χ0v) is 18.2. The van der Waals surface area contributed by atoms with Gasteiger partial charge in [0.15, 0.2) is 17.7 Å². The minimum Gasteiger partial charge on any atom is -0.478 e. The van der Waals surface area contributed by atoms with Gasteiger partial charge in [0.1, 0.15) is 5.82 Å². The highest BCUT2D eigenvalue weighted by Gasteiger charge is 2.33. The molecule has 7 nitrogen and oxygen atoms in total. The van der Waals surface area contributed by atoms with E-state index in [1.54, 1.807) is 11.0 Å². The summed E-state index contributed by atoms with van der Waals surface area (Å²) in [6, 6.07) is 6.44. The number of hydrogen-bond acceptors (Lipinski definition) is 5. The smallest absolute Gasteiger partial charge is 0.417 e. The molecular weight excluding hydrogens is 468 g/mol. The predicted molar refractivity (Wildman–Crippen MR) is 112 cm³/mol. The number of rotatable bonds is 5. The normalized spacial score (nSPS) is 15.6. The molecule has 1 saturated heterocycles. The molecule has 1 atom stereocenters. The van der Waals surface area contributed by atoms with Crippen molar-refractivity contribution in [1.29, 1.82) is 0 Å². The summed E-state index contributed by atoms with van der Waals surface area (Å²) in [5.74, 6) is -2.00. The Balaban J connectivity index is 1.47. The summed E-state index contributed by atoms with van der Waals surface area (Å²) in [6.45, 7) is 2.10. The number of carbonyl (C=O) groups excluding carboxylic acids is 2. The standard InChI is InChI=1S/C21H21ClF4N4O3/c1-12(33-17-5-3-2-4-16(17)23)19(31)28-29-20(32)13-6-8-30(9-7-13)18-15(22)10-14(11-27-18)21(24,25)26/h2-5,10-13H,6-9H2,1H3,(H,28,31)(H,29,32)/t12-/m1/s1. The molecule has 1 aliphatic rings. The van der Waals surface area contributed by atoms with Crippen molar-refractivity contribution in [3.05, 3.63) is 52.9 Å². The fourth-order valence-electron chi connectivity index (χ4n) is 3.28. The van der Waals surface area contributed by atoms with E-state index in [1.165, 1.54) is 25.1 Å². The molecule has 178 valence electrons. The molecule has 1 aromatic carbocycles. The van der Waals surface area contributed by atoms with Gasteiger partial charge in [0.25, 0.3) is 5.91 Å². The van der Waals surface area contributed by atoms with E-state index in [0.717, 1.165) is 12.3 Å². The molecule has 0 aliphatic carbocycles. The summed E-state index contributed by atoms with van der Waals surface area (Å²) in [6.07, 6.45) is -4.12. The van der Waals surface area contributed by atoms with Crippen LogP contribution in [0.15, 0.2) is 36.5 Å². The number of hydrazine groups is 1. The van der Waals surface area contributed by atoms with Crippen LogP contribution in [0.1, 0.15) is 25.3 Å². The van der Waals surface area contributed by atoms with Gasteiger partial charge in [-0.2, -0.15) is 13.2 Å². The lowest BCUT2D eigenvalue weighted by atomic mass is 9.96. The quantitative estimate of drug-likeness (QED) is 0.495. The number of nitrogens with zero attached hydrogens (tertiary/aromatic N) is 2. The third-order valence-corrected chi connectivity index (χ3v) is 5.41. The van der Waals surface area contributed by atoms with Crippen molar-refractivity contribution in [2.24, 2.45) is 5.92 Å². The van der Waals surface area contributed by atoms with E-state index in [9.17, 15) is 27.2 Å². The minimum atomic E-state index is -4.54. The maximum atomic E-state index is 13.6. The Morgan fingerprint density at radius 1 is 1.21 bits per heavy atom. The highest BCUT2D eigenvalue weighted by molar-refractivity contribution is 6.33. The largest absolute Gasteiger partial charge is 0.478 e. The number of carbonyl (C=O) groups is 2. The maximum absolute atomic E-state index is 13.6. The fourth-order valence-corrected chi connectivity index (χ4v) is 3.57. The molecule has 2 heterocycles. The Kier molecular flexibility index (Phi) is 7.62. The Bertz CT molecular complexity index is 1010. The van der Waals surface area contributed by atoms with Gasteiger partial charge < -0.3 is 9.64 Å². The fraction of sp³-hybridized carbons (Fsp3) is 0.381. The number of piperidine rings is 1. The minimum absolute atomic E-state index is 0.0885. The van der Waals surface area contributed by atoms with Crippen molar-refractivity contribution in [1.82, 2.24) is 15.8 Å². The Hall–Kier alpha value is -3.08. The van der Waals surface area contributed by atoms with Gasteiger partial charge in [-0.1, -0.05) is 23.7 Å². The van der Waals surface area contributed by atoms with Crippen molar-refractivity contribution >= 4 is 29.2 Å². The van der Waals surface area contributed by atoms with Gasteiger partial charge in [-0.3, -0.25) is 20.4 Å². The van der Waals surface area contributed by atoms with Gasteiger partial charge in [0.05, 0.1) is 10.6 Å². The van der Waals surface area contributed by atoms with Crippen LogP contribution in [0.25, 0.3) is 0 Å². The molecule has 12 heteroatoms. The van der Waals surface area contributed by atoms with Gasteiger partial charge in [0, 0.05) is 25.2 Å². The van der Waals surface area contributed by atoms with Crippen LogP contribution in [0.4, 0.5) is 23.4 Å². The van der Waals surface area contributed by atoms with Crippen molar-refractivity contribution in [2.75, 3.05) is 18.0 Å². The second-order valence-electron chi connectivity index (χ2n) is 7.46.